The van der Waals surface area contributed by atoms with Crippen molar-refractivity contribution in [3.8, 4) is 0 Å². The summed E-state index contributed by atoms with van der Waals surface area (Å²) in [5, 5.41) is 2.84. The van der Waals surface area contributed by atoms with Crippen LogP contribution in [-0.2, 0) is 21.2 Å². The molecule has 1 N–H and O–H groups in total. The fourth-order valence-corrected chi connectivity index (χ4v) is 3.58. The summed E-state index contributed by atoms with van der Waals surface area (Å²) in [6, 6.07) is 17.5. The van der Waals surface area contributed by atoms with E-state index in [0.29, 0.717) is 6.54 Å². The quantitative estimate of drug-likeness (QED) is 0.733. The Morgan fingerprint density at radius 1 is 1.00 bits per heavy atom. The Morgan fingerprint density at radius 3 is 2.31 bits per heavy atom. The summed E-state index contributed by atoms with van der Waals surface area (Å²) < 4.78 is 25.4. The molecule has 26 heavy (non-hydrogen) atoms. The van der Waals surface area contributed by atoms with Gasteiger partial charge in [-0.15, -0.1) is 0 Å². The predicted molar refractivity (Wildman–Crippen MR) is 106 cm³/mol. The van der Waals surface area contributed by atoms with Crippen molar-refractivity contribution in [2.75, 3.05) is 24.7 Å². The van der Waals surface area contributed by atoms with Crippen LogP contribution in [0.5, 0.6) is 0 Å². The van der Waals surface area contributed by atoms with E-state index in [9.17, 15) is 13.2 Å². The zero-order chi connectivity index (χ0) is 19.0. The Labute approximate surface area is 156 Å². The van der Waals surface area contributed by atoms with E-state index in [4.69, 9.17) is 0 Å². The first-order valence-electron chi connectivity index (χ1n) is 8.71. The van der Waals surface area contributed by atoms with Crippen molar-refractivity contribution in [3.05, 3.63) is 65.7 Å². The van der Waals surface area contributed by atoms with Crippen LogP contribution in [-0.4, -0.2) is 38.0 Å². The molecule has 0 saturated heterocycles. The van der Waals surface area contributed by atoms with Gasteiger partial charge >= 0.3 is 0 Å². The highest BCUT2D eigenvalue weighted by Gasteiger charge is 2.17. The Hall–Kier alpha value is -2.18. The largest absolute Gasteiger partial charge is 0.326 e. The van der Waals surface area contributed by atoms with E-state index in [1.807, 2.05) is 61.5 Å². The molecule has 0 aromatic heterocycles. The van der Waals surface area contributed by atoms with E-state index in [0.717, 1.165) is 24.1 Å². The van der Waals surface area contributed by atoms with Crippen molar-refractivity contribution in [3.63, 3.8) is 0 Å². The van der Waals surface area contributed by atoms with Gasteiger partial charge < -0.3 is 5.32 Å². The highest BCUT2D eigenvalue weighted by molar-refractivity contribution is 7.88. The van der Waals surface area contributed by atoms with Gasteiger partial charge in [0.25, 0.3) is 0 Å². The molecule has 0 aliphatic rings. The summed E-state index contributed by atoms with van der Waals surface area (Å²) in [6.45, 7) is 2.51. The SMILES string of the molecule is Cc1ccccc1NC(=O)CCN(CCCc1ccccc1)S(C)(=O)=O. The summed E-state index contributed by atoms with van der Waals surface area (Å²) in [7, 11) is -3.34. The lowest BCUT2D eigenvalue weighted by molar-refractivity contribution is -0.116. The molecule has 2 aromatic carbocycles. The van der Waals surface area contributed by atoms with E-state index in [2.05, 4.69) is 5.32 Å². The number of aryl methyl sites for hydroxylation is 2. The second-order valence-corrected chi connectivity index (χ2v) is 8.35. The summed E-state index contributed by atoms with van der Waals surface area (Å²) in [4.78, 5) is 12.2. The van der Waals surface area contributed by atoms with Gasteiger partial charge in [-0.25, -0.2) is 12.7 Å². The van der Waals surface area contributed by atoms with Gasteiger partial charge in [-0.2, -0.15) is 0 Å². The normalized spacial score (nSPS) is 11.5. The lowest BCUT2D eigenvalue weighted by Crippen LogP contribution is -2.34. The predicted octanol–water partition coefficient (Wildman–Crippen LogP) is 3.22. The van der Waals surface area contributed by atoms with E-state index >= 15 is 0 Å². The minimum atomic E-state index is -3.34. The summed E-state index contributed by atoms with van der Waals surface area (Å²) in [6.07, 6.45) is 2.85. The molecule has 140 valence electrons. The van der Waals surface area contributed by atoms with E-state index < -0.39 is 10.0 Å². The Morgan fingerprint density at radius 2 is 1.65 bits per heavy atom. The molecule has 0 atom stereocenters. The van der Waals surface area contributed by atoms with E-state index in [1.165, 1.54) is 16.1 Å². The van der Waals surface area contributed by atoms with Crippen LogP contribution in [0.4, 0.5) is 5.69 Å². The zero-order valence-electron chi connectivity index (χ0n) is 15.3. The van der Waals surface area contributed by atoms with Crippen molar-refractivity contribution in [2.24, 2.45) is 0 Å². The zero-order valence-corrected chi connectivity index (χ0v) is 16.1. The molecule has 0 radical (unpaired) electrons. The van der Waals surface area contributed by atoms with Gasteiger partial charge in [0.2, 0.25) is 15.9 Å². The summed E-state index contributed by atoms with van der Waals surface area (Å²) in [5.74, 6) is -0.184. The van der Waals surface area contributed by atoms with Gasteiger partial charge in [0, 0.05) is 25.2 Å². The van der Waals surface area contributed by atoms with Crippen LogP contribution in [0.3, 0.4) is 0 Å². The number of para-hydroxylation sites is 1. The number of anilines is 1. The number of benzene rings is 2. The maximum absolute atomic E-state index is 12.2. The molecule has 6 heteroatoms. The van der Waals surface area contributed by atoms with Crippen LogP contribution in [0.25, 0.3) is 0 Å². The molecule has 0 heterocycles. The second kappa shape index (κ2) is 9.50. The van der Waals surface area contributed by atoms with Crippen molar-refractivity contribution in [1.29, 1.82) is 0 Å². The minimum Gasteiger partial charge on any atom is -0.326 e. The molecule has 0 aliphatic heterocycles. The number of rotatable bonds is 9. The lowest BCUT2D eigenvalue weighted by Gasteiger charge is -2.20. The number of nitrogens with one attached hydrogen (secondary N) is 1. The first-order chi connectivity index (χ1) is 12.4. The number of carbonyl (C=O) groups is 1. The third-order valence-electron chi connectivity index (χ3n) is 4.19. The fourth-order valence-electron chi connectivity index (χ4n) is 2.70. The molecule has 0 fully saturated rings. The van der Waals surface area contributed by atoms with Crippen LogP contribution >= 0.6 is 0 Å². The minimum absolute atomic E-state index is 0.132. The van der Waals surface area contributed by atoms with Gasteiger partial charge in [0.15, 0.2) is 0 Å². The maximum atomic E-state index is 12.2. The molecule has 0 bridgehead atoms. The molecule has 0 aliphatic carbocycles. The van der Waals surface area contributed by atoms with Gasteiger partial charge in [-0.3, -0.25) is 4.79 Å². The Balaban J connectivity index is 1.85. The Bertz CT molecular complexity index is 820. The summed E-state index contributed by atoms with van der Waals surface area (Å²) in [5.41, 5.74) is 2.91. The van der Waals surface area contributed by atoms with E-state index in [1.54, 1.807) is 0 Å². The molecular formula is C20H26N2O3S. The molecule has 5 nitrogen and oxygen atoms in total. The maximum Gasteiger partial charge on any atom is 0.225 e. The van der Waals surface area contributed by atoms with Crippen LogP contribution in [0.15, 0.2) is 54.6 Å². The third-order valence-corrected chi connectivity index (χ3v) is 5.50. The second-order valence-electron chi connectivity index (χ2n) is 6.36. The first kappa shape index (κ1) is 20.1. The van der Waals surface area contributed by atoms with Crippen molar-refractivity contribution < 1.29 is 13.2 Å². The number of nitrogens with zero attached hydrogens (tertiary/aromatic N) is 1. The third kappa shape index (κ3) is 6.61. The number of amides is 1. The van der Waals surface area contributed by atoms with Crippen LogP contribution in [0, 0.1) is 6.92 Å². The molecule has 1 amide bonds. The molecule has 2 rings (SSSR count). The van der Waals surface area contributed by atoms with Crippen molar-refractivity contribution in [1.82, 2.24) is 4.31 Å². The molecule has 0 spiro atoms. The molecule has 2 aromatic rings. The number of carbonyl (C=O) groups excluding carboxylic acids is 1. The van der Waals surface area contributed by atoms with Crippen LogP contribution < -0.4 is 5.32 Å². The monoisotopic (exact) mass is 374 g/mol. The number of sulfonamides is 1. The highest BCUT2D eigenvalue weighted by Crippen LogP contribution is 2.14. The van der Waals surface area contributed by atoms with Crippen molar-refractivity contribution >= 4 is 21.6 Å². The number of hydrogen-bond acceptors (Lipinski definition) is 3. The molecule has 0 saturated carbocycles. The van der Waals surface area contributed by atoms with E-state index in [-0.39, 0.29) is 18.9 Å². The molecule has 0 unspecified atom stereocenters. The molecular weight excluding hydrogens is 348 g/mol. The fraction of sp³-hybridized carbons (Fsp3) is 0.350. The van der Waals surface area contributed by atoms with Gasteiger partial charge in [-0.05, 0) is 37.0 Å². The topological polar surface area (TPSA) is 66.5 Å². The lowest BCUT2D eigenvalue weighted by atomic mass is 10.1. The van der Waals surface area contributed by atoms with Gasteiger partial charge in [-0.1, -0.05) is 48.5 Å². The van der Waals surface area contributed by atoms with Crippen molar-refractivity contribution in [2.45, 2.75) is 26.2 Å². The Kier molecular flexibility index (Phi) is 7.36. The van der Waals surface area contributed by atoms with Gasteiger partial charge in [0.1, 0.15) is 0 Å². The smallest absolute Gasteiger partial charge is 0.225 e. The van der Waals surface area contributed by atoms with Crippen LogP contribution in [0.2, 0.25) is 0 Å². The van der Waals surface area contributed by atoms with Gasteiger partial charge in [0.05, 0.1) is 6.26 Å². The standard InChI is InChI=1S/C20H26N2O3S/c1-17-9-6-7-13-19(17)21-20(23)14-16-22(26(2,24)25)15-8-12-18-10-4-3-5-11-18/h3-7,9-11,13H,8,12,14-16H2,1-2H3,(H,21,23). The summed E-state index contributed by atoms with van der Waals surface area (Å²) >= 11 is 0. The average molecular weight is 375 g/mol. The number of hydrogen-bond donors (Lipinski definition) is 1. The van der Waals surface area contributed by atoms with Crippen LogP contribution in [0.1, 0.15) is 24.0 Å². The average Bonchev–Trinajstić information content (AvgIpc) is 2.60. The highest BCUT2D eigenvalue weighted by atomic mass is 32.2. The first-order valence-corrected chi connectivity index (χ1v) is 10.6.